The molecular weight excluding hydrogens is 216 g/mol. The van der Waals surface area contributed by atoms with Crippen LogP contribution in [0.3, 0.4) is 0 Å². The highest BCUT2D eigenvalue weighted by Gasteiger charge is 2.15. The van der Waals surface area contributed by atoms with Crippen LogP contribution in [0.15, 0.2) is 0 Å². The fraction of sp³-hybridized carbons (Fsp3) is 1.00. The molecule has 1 aliphatic heterocycles. The van der Waals surface area contributed by atoms with Crippen LogP contribution in [0.4, 0.5) is 0 Å². The van der Waals surface area contributed by atoms with E-state index in [0.717, 1.165) is 51.8 Å². The van der Waals surface area contributed by atoms with Gasteiger partial charge in [-0.1, -0.05) is 0 Å². The molecule has 1 unspecified atom stereocenters. The lowest BCUT2D eigenvalue weighted by atomic mass is 10.0. The minimum absolute atomic E-state index is 0.738. The van der Waals surface area contributed by atoms with Crippen LogP contribution in [0.2, 0.25) is 0 Å². The van der Waals surface area contributed by atoms with Crippen molar-refractivity contribution in [2.45, 2.75) is 19.3 Å². The first-order chi connectivity index (χ1) is 8.33. The van der Waals surface area contributed by atoms with Gasteiger partial charge in [0.15, 0.2) is 0 Å². The third-order valence-electron chi connectivity index (χ3n) is 3.20. The first kappa shape index (κ1) is 14.9. The molecule has 1 atom stereocenters. The second-order valence-corrected chi connectivity index (χ2v) is 4.94. The quantitative estimate of drug-likeness (QED) is 0.613. The number of ether oxygens (including phenoxy) is 2. The summed E-state index contributed by atoms with van der Waals surface area (Å²) in [6, 6.07) is 0. The standard InChI is InChI=1S/C13H28N2O2/c1-15(8-7-14-6-4-9-16-2)11-13-5-3-10-17-12-13/h13-14H,3-12H2,1-2H3. The molecule has 1 saturated heterocycles. The van der Waals surface area contributed by atoms with Crippen molar-refractivity contribution >= 4 is 0 Å². The molecule has 1 N–H and O–H groups in total. The minimum Gasteiger partial charge on any atom is -0.385 e. The summed E-state index contributed by atoms with van der Waals surface area (Å²) < 4.78 is 10.5. The van der Waals surface area contributed by atoms with Gasteiger partial charge in [0, 0.05) is 40.0 Å². The number of hydrogen-bond acceptors (Lipinski definition) is 4. The Hall–Kier alpha value is -0.160. The molecule has 0 aliphatic carbocycles. The van der Waals surface area contributed by atoms with E-state index in [9.17, 15) is 0 Å². The second kappa shape index (κ2) is 9.83. The number of hydrogen-bond donors (Lipinski definition) is 1. The zero-order valence-electron chi connectivity index (χ0n) is 11.4. The van der Waals surface area contributed by atoms with Crippen molar-refractivity contribution in [3.63, 3.8) is 0 Å². The first-order valence-electron chi connectivity index (χ1n) is 6.79. The smallest absolute Gasteiger partial charge is 0.0506 e. The molecule has 4 heteroatoms. The SMILES string of the molecule is COCCCNCCN(C)CC1CCCOC1. The van der Waals surface area contributed by atoms with Gasteiger partial charge >= 0.3 is 0 Å². The van der Waals surface area contributed by atoms with Crippen molar-refractivity contribution in [2.24, 2.45) is 5.92 Å². The molecule has 0 aromatic rings. The van der Waals surface area contributed by atoms with Crippen molar-refractivity contribution in [2.75, 3.05) is 60.2 Å². The highest BCUT2D eigenvalue weighted by Crippen LogP contribution is 2.13. The molecule has 0 bridgehead atoms. The molecule has 1 fully saturated rings. The molecule has 102 valence electrons. The molecule has 17 heavy (non-hydrogen) atoms. The van der Waals surface area contributed by atoms with Crippen LogP contribution in [-0.2, 0) is 9.47 Å². The van der Waals surface area contributed by atoms with E-state index < -0.39 is 0 Å². The Balaban J connectivity index is 1.91. The summed E-state index contributed by atoms with van der Waals surface area (Å²) in [5.41, 5.74) is 0. The molecule has 4 nitrogen and oxygen atoms in total. The van der Waals surface area contributed by atoms with Gasteiger partial charge in [-0.05, 0) is 38.8 Å². The molecule has 0 aromatic heterocycles. The summed E-state index contributed by atoms with van der Waals surface area (Å²) in [7, 11) is 3.95. The van der Waals surface area contributed by atoms with E-state index in [1.54, 1.807) is 7.11 Å². The Labute approximate surface area is 106 Å². The maximum atomic E-state index is 5.50. The van der Waals surface area contributed by atoms with Gasteiger partial charge in [0.25, 0.3) is 0 Å². The van der Waals surface area contributed by atoms with Crippen LogP contribution in [0.25, 0.3) is 0 Å². The number of rotatable bonds is 9. The molecule has 1 rings (SSSR count). The van der Waals surface area contributed by atoms with E-state index in [2.05, 4.69) is 17.3 Å². The van der Waals surface area contributed by atoms with Gasteiger partial charge in [0.2, 0.25) is 0 Å². The van der Waals surface area contributed by atoms with Crippen LogP contribution < -0.4 is 5.32 Å². The van der Waals surface area contributed by atoms with Crippen molar-refractivity contribution in [3.8, 4) is 0 Å². The van der Waals surface area contributed by atoms with E-state index in [-0.39, 0.29) is 0 Å². The van der Waals surface area contributed by atoms with Gasteiger partial charge in [-0.2, -0.15) is 0 Å². The van der Waals surface area contributed by atoms with Crippen molar-refractivity contribution in [3.05, 3.63) is 0 Å². The maximum absolute atomic E-state index is 5.50. The van der Waals surface area contributed by atoms with Crippen LogP contribution in [0, 0.1) is 5.92 Å². The van der Waals surface area contributed by atoms with E-state index in [0.29, 0.717) is 0 Å². The largest absolute Gasteiger partial charge is 0.385 e. The monoisotopic (exact) mass is 244 g/mol. The zero-order valence-corrected chi connectivity index (χ0v) is 11.4. The van der Waals surface area contributed by atoms with Gasteiger partial charge in [0.1, 0.15) is 0 Å². The Kier molecular flexibility index (Phi) is 8.61. The van der Waals surface area contributed by atoms with Gasteiger partial charge in [-0.25, -0.2) is 0 Å². The number of nitrogens with one attached hydrogen (secondary N) is 1. The Bertz CT molecular complexity index is 173. The fourth-order valence-electron chi connectivity index (χ4n) is 2.22. The molecule has 0 amide bonds. The summed E-state index contributed by atoms with van der Waals surface area (Å²) >= 11 is 0. The van der Waals surface area contributed by atoms with E-state index in [4.69, 9.17) is 9.47 Å². The Morgan fingerprint density at radius 1 is 1.41 bits per heavy atom. The maximum Gasteiger partial charge on any atom is 0.0506 e. The summed E-state index contributed by atoms with van der Waals surface area (Å²) in [6.45, 7) is 7.15. The number of nitrogens with zero attached hydrogens (tertiary/aromatic N) is 1. The summed E-state index contributed by atoms with van der Waals surface area (Å²) in [6.07, 6.45) is 3.65. The molecule has 1 heterocycles. The van der Waals surface area contributed by atoms with E-state index >= 15 is 0 Å². The van der Waals surface area contributed by atoms with Crippen LogP contribution in [-0.4, -0.2) is 65.1 Å². The van der Waals surface area contributed by atoms with Crippen LogP contribution >= 0.6 is 0 Å². The molecule has 0 spiro atoms. The van der Waals surface area contributed by atoms with Crippen molar-refractivity contribution in [1.82, 2.24) is 10.2 Å². The normalized spacial score (nSPS) is 21.0. The Morgan fingerprint density at radius 2 is 2.29 bits per heavy atom. The Morgan fingerprint density at radius 3 is 3.00 bits per heavy atom. The molecular formula is C13H28N2O2. The van der Waals surface area contributed by atoms with Gasteiger partial charge in [0.05, 0.1) is 6.61 Å². The van der Waals surface area contributed by atoms with Crippen LogP contribution in [0.5, 0.6) is 0 Å². The van der Waals surface area contributed by atoms with Crippen molar-refractivity contribution < 1.29 is 9.47 Å². The predicted octanol–water partition coefficient (Wildman–Crippen LogP) is 0.971. The predicted molar refractivity (Wildman–Crippen MR) is 70.4 cm³/mol. The lowest BCUT2D eigenvalue weighted by Gasteiger charge is -2.27. The third-order valence-corrected chi connectivity index (χ3v) is 3.20. The minimum atomic E-state index is 0.738. The topological polar surface area (TPSA) is 33.7 Å². The van der Waals surface area contributed by atoms with Gasteiger partial charge < -0.3 is 19.7 Å². The molecule has 0 saturated carbocycles. The van der Waals surface area contributed by atoms with E-state index in [1.165, 1.54) is 19.4 Å². The molecule has 1 aliphatic rings. The fourth-order valence-corrected chi connectivity index (χ4v) is 2.22. The van der Waals surface area contributed by atoms with Gasteiger partial charge in [-0.15, -0.1) is 0 Å². The highest BCUT2D eigenvalue weighted by atomic mass is 16.5. The molecule has 0 aromatic carbocycles. The highest BCUT2D eigenvalue weighted by molar-refractivity contribution is 4.67. The first-order valence-corrected chi connectivity index (χ1v) is 6.79. The van der Waals surface area contributed by atoms with Crippen molar-refractivity contribution in [1.29, 1.82) is 0 Å². The average molecular weight is 244 g/mol. The second-order valence-electron chi connectivity index (χ2n) is 4.94. The van der Waals surface area contributed by atoms with E-state index in [1.807, 2.05) is 0 Å². The summed E-state index contributed by atoms with van der Waals surface area (Å²) in [5, 5.41) is 3.44. The lowest BCUT2D eigenvalue weighted by molar-refractivity contribution is 0.0422. The number of methoxy groups -OCH3 is 1. The lowest BCUT2D eigenvalue weighted by Crippen LogP contribution is -2.35. The zero-order chi connectivity index (χ0) is 12.3. The summed E-state index contributed by atoms with van der Waals surface area (Å²) in [5.74, 6) is 0.738. The van der Waals surface area contributed by atoms with Crippen LogP contribution in [0.1, 0.15) is 19.3 Å². The number of likely N-dealkylation sites (N-methyl/N-ethyl adjacent to an activating group) is 1. The molecule has 0 radical (unpaired) electrons. The van der Waals surface area contributed by atoms with Gasteiger partial charge in [-0.3, -0.25) is 0 Å². The third kappa shape index (κ3) is 7.71. The average Bonchev–Trinajstić information content (AvgIpc) is 2.35. The summed E-state index contributed by atoms with van der Waals surface area (Å²) in [4.78, 5) is 2.41.